The van der Waals surface area contributed by atoms with Gasteiger partial charge >= 0.3 is 0 Å². The van der Waals surface area contributed by atoms with Crippen LogP contribution in [-0.2, 0) is 10.3 Å². The Morgan fingerprint density at radius 3 is 2.58 bits per heavy atom. The van der Waals surface area contributed by atoms with Crippen LogP contribution in [0.15, 0.2) is 23.2 Å². The number of isocyanates is 1. The molecule has 1 heterocycles. The Bertz CT molecular complexity index is 544. The summed E-state index contributed by atoms with van der Waals surface area (Å²) in [6.07, 6.45) is 4.83. The second-order valence-corrected chi connectivity index (χ2v) is 5.60. The second kappa shape index (κ2) is 4.39. The fraction of sp³-hybridized carbons (Fsp3) is 0.533. The molecule has 0 aromatic heterocycles. The quantitative estimate of drug-likeness (QED) is 0.602. The summed E-state index contributed by atoms with van der Waals surface area (Å²) < 4.78 is 0. The first-order chi connectivity index (χ1) is 9.18. The van der Waals surface area contributed by atoms with Crippen molar-refractivity contribution in [3.05, 3.63) is 23.8 Å². The maximum Gasteiger partial charge on any atom is 0.235 e. The molecule has 1 saturated carbocycles. The van der Waals surface area contributed by atoms with E-state index < -0.39 is 0 Å². The lowest BCUT2D eigenvalue weighted by Crippen LogP contribution is -2.40. The standard InChI is InChI=1S/C15H19N3O/c1-17-9-10-18(2)14-12(5-3-6-13(14)17)15(16-11-19)7-4-8-15/h3,5-6H,4,7-10H2,1-2H3. The fourth-order valence-corrected chi connectivity index (χ4v) is 3.19. The number of hydrogen-bond donors (Lipinski definition) is 0. The van der Waals surface area contributed by atoms with E-state index in [0.29, 0.717) is 0 Å². The molecule has 1 aliphatic heterocycles. The average molecular weight is 257 g/mol. The van der Waals surface area contributed by atoms with Crippen molar-refractivity contribution in [3.63, 3.8) is 0 Å². The largest absolute Gasteiger partial charge is 0.371 e. The van der Waals surface area contributed by atoms with Gasteiger partial charge in [0.15, 0.2) is 0 Å². The zero-order valence-corrected chi connectivity index (χ0v) is 11.5. The summed E-state index contributed by atoms with van der Waals surface area (Å²) in [5, 5.41) is 0. The summed E-state index contributed by atoms with van der Waals surface area (Å²) >= 11 is 0. The van der Waals surface area contributed by atoms with Gasteiger partial charge in [-0.05, 0) is 25.3 Å². The highest BCUT2D eigenvalue weighted by atomic mass is 16.1. The van der Waals surface area contributed by atoms with Gasteiger partial charge in [0.2, 0.25) is 6.08 Å². The van der Waals surface area contributed by atoms with Gasteiger partial charge in [-0.1, -0.05) is 12.1 Å². The molecule has 19 heavy (non-hydrogen) atoms. The zero-order valence-electron chi connectivity index (χ0n) is 11.5. The Kier molecular flexibility index (Phi) is 2.83. The van der Waals surface area contributed by atoms with Crippen molar-refractivity contribution < 1.29 is 4.79 Å². The molecule has 0 radical (unpaired) electrons. The lowest BCUT2D eigenvalue weighted by atomic mass is 9.71. The molecule has 1 aromatic rings. The number of fused-ring (bicyclic) bond motifs is 1. The van der Waals surface area contributed by atoms with Crippen LogP contribution in [0.25, 0.3) is 0 Å². The molecule has 0 N–H and O–H groups in total. The number of rotatable bonds is 2. The van der Waals surface area contributed by atoms with Crippen LogP contribution in [-0.4, -0.2) is 33.3 Å². The van der Waals surface area contributed by atoms with Gasteiger partial charge in [-0.25, -0.2) is 4.79 Å². The van der Waals surface area contributed by atoms with Crippen molar-refractivity contribution in [2.24, 2.45) is 4.99 Å². The third-order valence-electron chi connectivity index (χ3n) is 4.52. The molecule has 0 saturated heterocycles. The van der Waals surface area contributed by atoms with Gasteiger partial charge in [-0.15, -0.1) is 0 Å². The van der Waals surface area contributed by atoms with E-state index in [9.17, 15) is 4.79 Å². The van der Waals surface area contributed by atoms with Crippen molar-refractivity contribution in [2.75, 3.05) is 37.0 Å². The maximum atomic E-state index is 10.8. The van der Waals surface area contributed by atoms with E-state index in [-0.39, 0.29) is 5.54 Å². The minimum atomic E-state index is -0.320. The average Bonchev–Trinajstić information content (AvgIpc) is 2.38. The summed E-state index contributed by atoms with van der Waals surface area (Å²) in [5.41, 5.74) is 3.33. The Morgan fingerprint density at radius 1 is 1.21 bits per heavy atom. The number of benzene rings is 1. The van der Waals surface area contributed by atoms with Crippen molar-refractivity contribution in [1.82, 2.24) is 0 Å². The third-order valence-corrected chi connectivity index (χ3v) is 4.52. The molecule has 1 fully saturated rings. The summed E-state index contributed by atoms with van der Waals surface area (Å²) in [5.74, 6) is 0. The van der Waals surface area contributed by atoms with Gasteiger partial charge in [0.25, 0.3) is 0 Å². The molecule has 0 spiro atoms. The van der Waals surface area contributed by atoms with E-state index in [1.54, 1.807) is 6.08 Å². The number of nitrogens with zero attached hydrogens (tertiary/aromatic N) is 3. The molecule has 4 nitrogen and oxygen atoms in total. The number of aliphatic imine (C=N–C) groups is 1. The summed E-state index contributed by atoms with van der Waals surface area (Å²) in [4.78, 5) is 19.5. The van der Waals surface area contributed by atoms with Crippen molar-refractivity contribution >= 4 is 17.5 Å². The lowest BCUT2D eigenvalue weighted by molar-refractivity contribution is 0.256. The molecule has 3 rings (SSSR count). The van der Waals surface area contributed by atoms with E-state index in [0.717, 1.165) is 32.4 Å². The molecular formula is C15H19N3O. The minimum Gasteiger partial charge on any atom is -0.371 e. The van der Waals surface area contributed by atoms with Crippen LogP contribution in [0, 0.1) is 0 Å². The Morgan fingerprint density at radius 2 is 1.95 bits per heavy atom. The molecule has 2 aliphatic rings. The second-order valence-electron chi connectivity index (χ2n) is 5.60. The van der Waals surface area contributed by atoms with Crippen LogP contribution < -0.4 is 9.80 Å². The van der Waals surface area contributed by atoms with Gasteiger partial charge in [0.1, 0.15) is 5.54 Å². The Hall–Kier alpha value is -1.80. The molecule has 100 valence electrons. The molecule has 1 aromatic carbocycles. The molecule has 1 aliphatic carbocycles. The Balaban J connectivity index is 2.17. The van der Waals surface area contributed by atoms with Gasteiger partial charge in [-0.2, -0.15) is 4.99 Å². The predicted octanol–water partition coefficient (Wildman–Crippen LogP) is 2.29. The summed E-state index contributed by atoms with van der Waals surface area (Å²) in [6, 6.07) is 6.34. The van der Waals surface area contributed by atoms with Crippen LogP contribution >= 0.6 is 0 Å². The van der Waals surface area contributed by atoms with Gasteiger partial charge in [0, 0.05) is 32.7 Å². The van der Waals surface area contributed by atoms with E-state index in [4.69, 9.17) is 0 Å². The lowest BCUT2D eigenvalue weighted by Gasteiger charge is -2.43. The maximum absolute atomic E-state index is 10.8. The molecular weight excluding hydrogens is 238 g/mol. The number of likely N-dealkylation sites (N-methyl/N-ethyl adjacent to an activating group) is 2. The van der Waals surface area contributed by atoms with Crippen molar-refractivity contribution in [1.29, 1.82) is 0 Å². The van der Waals surface area contributed by atoms with E-state index >= 15 is 0 Å². The molecule has 0 bridgehead atoms. The summed E-state index contributed by atoms with van der Waals surface area (Å²) in [7, 11) is 4.23. The monoisotopic (exact) mass is 257 g/mol. The Labute approximate surface area is 113 Å². The van der Waals surface area contributed by atoms with Gasteiger partial charge in [0.05, 0.1) is 11.4 Å². The minimum absolute atomic E-state index is 0.320. The zero-order chi connectivity index (χ0) is 13.5. The van der Waals surface area contributed by atoms with E-state index in [2.05, 4.69) is 47.1 Å². The number of hydrogen-bond acceptors (Lipinski definition) is 4. The smallest absolute Gasteiger partial charge is 0.235 e. The summed E-state index contributed by atoms with van der Waals surface area (Å²) in [6.45, 7) is 2.03. The predicted molar refractivity (Wildman–Crippen MR) is 76.6 cm³/mol. The fourth-order valence-electron chi connectivity index (χ4n) is 3.19. The third kappa shape index (κ3) is 1.75. The molecule has 0 unspecified atom stereocenters. The highest BCUT2D eigenvalue weighted by Crippen LogP contribution is 2.50. The first kappa shape index (κ1) is 12.2. The van der Waals surface area contributed by atoms with Crippen molar-refractivity contribution in [3.8, 4) is 0 Å². The SMILES string of the molecule is CN1CCN(C)c2c1cccc2C1(N=C=O)CCC1. The number of para-hydroxylation sites is 1. The van der Waals surface area contributed by atoms with Crippen molar-refractivity contribution in [2.45, 2.75) is 24.8 Å². The highest BCUT2D eigenvalue weighted by molar-refractivity contribution is 5.78. The number of carbonyl (C=O) groups excluding carboxylic acids is 1. The molecule has 4 heteroatoms. The first-order valence-corrected chi connectivity index (χ1v) is 6.83. The van der Waals surface area contributed by atoms with Gasteiger partial charge < -0.3 is 9.80 Å². The normalized spacial score (nSPS) is 20.3. The first-order valence-electron chi connectivity index (χ1n) is 6.83. The van der Waals surface area contributed by atoms with E-state index in [1.165, 1.54) is 16.9 Å². The van der Waals surface area contributed by atoms with Crippen LogP contribution in [0.3, 0.4) is 0 Å². The highest BCUT2D eigenvalue weighted by Gasteiger charge is 2.42. The van der Waals surface area contributed by atoms with Crippen LogP contribution in [0.1, 0.15) is 24.8 Å². The van der Waals surface area contributed by atoms with Crippen LogP contribution in [0.2, 0.25) is 0 Å². The molecule has 0 atom stereocenters. The topological polar surface area (TPSA) is 35.9 Å². The number of anilines is 2. The van der Waals surface area contributed by atoms with Crippen LogP contribution in [0.4, 0.5) is 11.4 Å². The van der Waals surface area contributed by atoms with Gasteiger partial charge in [-0.3, -0.25) is 0 Å². The molecule has 0 amide bonds. The van der Waals surface area contributed by atoms with E-state index in [1.807, 2.05) is 0 Å². The van der Waals surface area contributed by atoms with Crippen LogP contribution in [0.5, 0.6) is 0 Å².